The van der Waals surface area contributed by atoms with Crippen LogP contribution in [0.15, 0.2) is 69.9 Å². The fraction of sp³-hybridized carbons (Fsp3) is 0.281. The molecule has 5 N–H and O–H groups in total. The lowest BCUT2D eigenvalue weighted by molar-refractivity contribution is -0.304. The Morgan fingerprint density at radius 1 is 1.09 bits per heavy atom. The summed E-state index contributed by atoms with van der Waals surface area (Å²) in [6, 6.07) is 17.5. The number of hydrogen-bond acceptors (Lipinski definition) is 10. The molecule has 4 atom stereocenters. The van der Waals surface area contributed by atoms with Crippen molar-refractivity contribution < 1.29 is 43.2 Å². The molecule has 13 heteroatoms. The van der Waals surface area contributed by atoms with Gasteiger partial charge in [0.15, 0.2) is 23.6 Å². The van der Waals surface area contributed by atoms with E-state index < -0.39 is 59.3 Å². The van der Waals surface area contributed by atoms with Gasteiger partial charge in [-0.05, 0) is 84.8 Å². The highest BCUT2D eigenvalue weighted by atomic mass is 127. The largest absolute Gasteiger partial charge is 0.505 e. The maximum absolute atomic E-state index is 13.2. The second-order valence-corrected chi connectivity index (χ2v) is 12.1. The standard InChI is InChI=1S/C32H31IN2O10/c1-15-21(42-30-24(37)26(44-31(34)40)27(41-4)32(2,3)45-30)13-12-19-23(36)22(29(39)43-25(15)19)35-28(38)17-9-7-8-16(14-17)18-10-5-6-11-20(18)33/h5-14,24,26-27,30,36-37H,1-4H3,(H2,34,40)(H,35,38)/t24-,26+,27-,30-/m1/s1. The van der Waals surface area contributed by atoms with E-state index in [9.17, 15) is 24.6 Å². The Kier molecular flexibility index (Phi) is 9.07. The van der Waals surface area contributed by atoms with Crippen LogP contribution in [-0.2, 0) is 14.2 Å². The first kappa shape index (κ1) is 32.2. The minimum atomic E-state index is -1.51. The van der Waals surface area contributed by atoms with Gasteiger partial charge in [-0.1, -0.05) is 30.3 Å². The second kappa shape index (κ2) is 12.7. The Hall–Kier alpha value is -4.18. The SMILES string of the molecule is CO[C@@H]1[C@@H](OC(N)=O)[C@@H](O)[C@H](Oc2ccc3c(O)c(NC(=O)c4cccc(-c5ccccc5I)c4)c(=O)oc3c2C)OC1(C)C. The number of benzene rings is 3. The number of ether oxygens (including phenoxy) is 4. The summed E-state index contributed by atoms with van der Waals surface area (Å²) in [6.07, 6.45) is -6.05. The maximum Gasteiger partial charge on any atom is 0.404 e. The van der Waals surface area contributed by atoms with Gasteiger partial charge in [0.05, 0.1) is 11.0 Å². The number of aromatic hydroxyl groups is 1. The van der Waals surface area contributed by atoms with Gasteiger partial charge in [-0.25, -0.2) is 9.59 Å². The van der Waals surface area contributed by atoms with Crippen molar-refractivity contribution in [3.8, 4) is 22.6 Å². The van der Waals surface area contributed by atoms with Gasteiger partial charge in [-0.3, -0.25) is 4.79 Å². The van der Waals surface area contributed by atoms with Crippen LogP contribution in [0, 0.1) is 10.5 Å². The van der Waals surface area contributed by atoms with E-state index in [1.54, 1.807) is 39.0 Å². The molecular weight excluding hydrogens is 699 g/mol. The Morgan fingerprint density at radius 3 is 2.51 bits per heavy atom. The molecule has 0 radical (unpaired) electrons. The highest BCUT2D eigenvalue weighted by molar-refractivity contribution is 14.1. The summed E-state index contributed by atoms with van der Waals surface area (Å²) in [5.74, 6) is -0.969. The number of nitrogens with one attached hydrogen (secondary N) is 1. The van der Waals surface area contributed by atoms with Crippen molar-refractivity contribution in [1.82, 2.24) is 0 Å². The van der Waals surface area contributed by atoms with Crippen LogP contribution in [0.25, 0.3) is 22.1 Å². The van der Waals surface area contributed by atoms with Crippen LogP contribution in [0.1, 0.15) is 29.8 Å². The molecule has 2 heterocycles. The van der Waals surface area contributed by atoms with Gasteiger partial charge < -0.3 is 44.6 Å². The molecular formula is C32H31IN2O10. The second-order valence-electron chi connectivity index (χ2n) is 10.9. The van der Waals surface area contributed by atoms with Gasteiger partial charge in [0.25, 0.3) is 5.91 Å². The summed E-state index contributed by atoms with van der Waals surface area (Å²) in [6.45, 7) is 4.91. The predicted molar refractivity (Wildman–Crippen MR) is 172 cm³/mol. The van der Waals surface area contributed by atoms with Gasteiger partial charge in [-0.2, -0.15) is 0 Å². The number of halogens is 1. The van der Waals surface area contributed by atoms with Crippen molar-refractivity contribution >= 4 is 51.2 Å². The van der Waals surface area contributed by atoms with Crippen LogP contribution in [0.5, 0.6) is 11.5 Å². The third-order valence-electron chi connectivity index (χ3n) is 7.56. The van der Waals surface area contributed by atoms with Crippen molar-refractivity contribution in [3.05, 3.63) is 85.8 Å². The first-order valence-electron chi connectivity index (χ1n) is 13.8. The highest BCUT2D eigenvalue weighted by Gasteiger charge is 2.53. The van der Waals surface area contributed by atoms with E-state index >= 15 is 0 Å². The predicted octanol–water partition coefficient (Wildman–Crippen LogP) is 4.68. The zero-order valence-electron chi connectivity index (χ0n) is 24.7. The Morgan fingerprint density at radius 2 is 1.82 bits per heavy atom. The molecule has 12 nitrogen and oxygen atoms in total. The number of primary amides is 1. The van der Waals surface area contributed by atoms with Crippen LogP contribution in [0.3, 0.4) is 0 Å². The summed E-state index contributed by atoms with van der Waals surface area (Å²) in [4.78, 5) is 37.7. The molecule has 2 amide bonds. The van der Waals surface area contributed by atoms with E-state index in [-0.39, 0.29) is 27.8 Å². The molecule has 3 aromatic carbocycles. The Balaban J connectivity index is 1.42. The maximum atomic E-state index is 13.2. The lowest BCUT2D eigenvalue weighted by atomic mass is 9.89. The summed E-state index contributed by atoms with van der Waals surface area (Å²) in [5.41, 5.74) is 5.02. The van der Waals surface area contributed by atoms with E-state index in [1.807, 2.05) is 30.3 Å². The molecule has 0 unspecified atom stereocenters. The van der Waals surface area contributed by atoms with Crippen molar-refractivity contribution in [2.45, 2.75) is 51.0 Å². The third kappa shape index (κ3) is 6.33. The number of nitrogens with two attached hydrogens (primary N) is 1. The first-order chi connectivity index (χ1) is 21.3. The van der Waals surface area contributed by atoms with Gasteiger partial charge >= 0.3 is 11.7 Å². The molecule has 1 aromatic heterocycles. The van der Waals surface area contributed by atoms with Crippen LogP contribution in [0.4, 0.5) is 10.5 Å². The molecule has 45 heavy (non-hydrogen) atoms. The number of aliphatic hydroxyl groups excluding tert-OH is 1. The quantitative estimate of drug-likeness (QED) is 0.154. The summed E-state index contributed by atoms with van der Waals surface area (Å²) < 4.78 is 29.0. The fourth-order valence-corrected chi connectivity index (χ4v) is 6.08. The number of hydrogen-bond donors (Lipinski definition) is 4. The highest BCUT2D eigenvalue weighted by Crippen LogP contribution is 2.38. The Bertz CT molecular complexity index is 1840. The lowest BCUT2D eigenvalue weighted by Gasteiger charge is -2.47. The molecule has 4 aromatic rings. The number of anilines is 1. The molecule has 1 fully saturated rings. The van der Waals surface area contributed by atoms with E-state index in [0.717, 1.165) is 14.7 Å². The molecule has 0 spiro atoms. The van der Waals surface area contributed by atoms with Gasteiger partial charge in [-0.15, -0.1) is 0 Å². The normalized spacial score (nSPS) is 20.8. The zero-order chi connectivity index (χ0) is 32.6. The lowest BCUT2D eigenvalue weighted by Crippen LogP contribution is -2.65. The topological polar surface area (TPSA) is 180 Å². The third-order valence-corrected chi connectivity index (χ3v) is 8.50. The fourth-order valence-electron chi connectivity index (χ4n) is 5.38. The average molecular weight is 731 g/mol. The van der Waals surface area contributed by atoms with Crippen molar-refractivity contribution in [3.63, 3.8) is 0 Å². The summed E-state index contributed by atoms with van der Waals surface area (Å²) in [5, 5.41) is 24.6. The van der Waals surface area contributed by atoms with Crippen LogP contribution in [-0.4, -0.2) is 59.5 Å². The smallest absolute Gasteiger partial charge is 0.404 e. The number of aliphatic hydroxyl groups is 1. The van der Waals surface area contributed by atoms with E-state index in [0.29, 0.717) is 0 Å². The number of aryl methyl sites for hydroxylation is 1. The van der Waals surface area contributed by atoms with Crippen LogP contribution in [0.2, 0.25) is 0 Å². The molecule has 0 saturated carbocycles. The average Bonchev–Trinajstić information content (AvgIpc) is 2.99. The van der Waals surface area contributed by atoms with E-state index in [1.165, 1.54) is 19.2 Å². The van der Waals surface area contributed by atoms with Crippen LogP contribution < -0.4 is 21.4 Å². The molecule has 236 valence electrons. The molecule has 1 saturated heterocycles. The van der Waals surface area contributed by atoms with Crippen molar-refractivity contribution in [2.24, 2.45) is 5.73 Å². The van der Waals surface area contributed by atoms with E-state index in [4.69, 9.17) is 29.1 Å². The molecule has 1 aliphatic rings. The molecule has 0 bridgehead atoms. The monoisotopic (exact) mass is 730 g/mol. The summed E-state index contributed by atoms with van der Waals surface area (Å²) >= 11 is 2.21. The molecule has 1 aliphatic heterocycles. The zero-order valence-corrected chi connectivity index (χ0v) is 26.9. The number of amides is 2. The minimum absolute atomic E-state index is 0.0158. The van der Waals surface area contributed by atoms with Crippen molar-refractivity contribution in [1.29, 1.82) is 0 Å². The Labute approximate surface area is 271 Å². The molecule has 5 rings (SSSR count). The van der Waals surface area contributed by atoms with Gasteiger partial charge in [0.1, 0.15) is 17.4 Å². The number of rotatable bonds is 7. The minimum Gasteiger partial charge on any atom is -0.505 e. The van der Waals surface area contributed by atoms with Gasteiger partial charge in [0, 0.05) is 21.8 Å². The van der Waals surface area contributed by atoms with Crippen molar-refractivity contribution in [2.75, 3.05) is 12.4 Å². The number of fused-ring (bicyclic) bond motifs is 1. The number of carbonyl (C=O) groups is 2. The first-order valence-corrected chi connectivity index (χ1v) is 14.9. The van der Waals surface area contributed by atoms with Gasteiger partial charge in [0.2, 0.25) is 6.29 Å². The number of carbonyl (C=O) groups excluding carboxylic acids is 2. The number of methoxy groups -OCH3 is 1. The summed E-state index contributed by atoms with van der Waals surface area (Å²) in [7, 11) is 1.38. The molecule has 0 aliphatic carbocycles. The van der Waals surface area contributed by atoms with E-state index in [2.05, 4.69) is 27.9 Å². The van der Waals surface area contributed by atoms with Crippen LogP contribution >= 0.6 is 22.6 Å².